The van der Waals surface area contributed by atoms with Crippen molar-refractivity contribution in [3.8, 4) is 22.4 Å². The summed E-state index contributed by atoms with van der Waals surface area (Å²) in [7, 11) is 0. The van der Waals surface area contributed by atoms with Gasteiger partial charge in [0.05, 0.1) is 11.2 Å². The summed E-state index contributed by atoms with van der Waals surface area (Å²) in [5.74, 6) is 0. The van der Waals surface area contributed by atoms with Gasteiger partial charge in [-0.3, -0.25) is 0 Å². The lowest BCUT2D eigenvalue weighted by atomic mass is 9.94. The van der Waals surface area contributed by atoms with Crippen LogP contribution < -0.4 is 0 Å². The Balaban J connectivity index is 2.07. The maximum Gasteiger partial charge on any atom is 0.0718 e. The highest BCUT2D eigenvalue weighted by Gasteiger charge is 2.14. The highest BCUT2D eigenvalue weighted by molar-refractivity contribution is 6.34. The van der Waals surface area contributed by atoms with E-state index in [4.69, 9.17) is 28.2 Å². The standard InChI is InChI=1S/C24H19Cl2N/c1-14-10-16(3)19(11-15(14)2)24-13-20(18-6-4-5-7-22(18)26)21-12-17(25)8-9-23(21)27-24/h4-13H,1-3H3. The minimum Gasteiger partial charge on any atom is -0.248 e. The predicted molar refractivity (Wildman–Crippen MR) is 117 cm³/mol. The molecular weight excluding hydrogens is 373 g/mol. The van der Waals surface area contributed by atoms with E-state index in [-0.39, 0.29) is 0 Å². The Morgan fingerprint density at radius 1 is 0.667 bits per heavy atom. The van der Waals surface area contributed by atoms with Crippen LogP contribution in [0.4, 0.5) is 0 Å². The van der Waals surface area contributed by atoms with Crippen molar-refractivity contribution in [3.63, 3.8) is 0 Å². The van der Waals surface area contributed by atoms with Gasteiger partial charge in [0.2, 0.25) is 0 Å². The highest BCUT2D eigenvalue weighted by atomic mass is 35.5. The molecule has 0 fully saturated rings. The fraction of sp³-hybridized carbons (Fsp3) is 0.125. The molecule has 0 saturated carbocycles. The summed E-state index contributed by atoms with van der Waals surface area (Å²) in [5, 5.41) is 2.40. The molecule has 0 saturated heterocycles. The maximum absolute atomic E-state index is 6.52. The first kappa shape index (κ1) is 18.0. The van der Waals surface area contributed by atoms with E-state index in [9.17, 15) is 0 Å². The van der Waals surface area contributed by atoms with E-state index in [1.807, 2.05) is 42.5 Å². The van der Waals surface area contributed by atoms with Crippen molar-refractivity contribution < 1.29 is 0 Å². The van der Waals surface area contributed by atoms with Gasteiger partial charge in [0.25, 0.3) is 0 Å². The third-order valence-electron chi connectivity index (χ3n) is 5.05. The molecule has 0 amide bonds. The Kier molecular flexibility index (Phi) is 4.67. The Morgan fingerprint density at radius 2 is 1.41 bits per heavy atom. The van der Waals surface area contributed by atoms with Crippen molar-refractivity contribution in [2.45, 2.75) is 20.8 Å². The Labute approximate surface area is 169 Å². The number of pyridine rings is 1. The summed E-state index contributed by atoms with van der Waals surface area (Å²) in [6.07, 6.45) is 0. The van der Waals surface area contributed by atoms with Crippen LogP contribution in [0.25, 0.3) is 33.3 Å². The number of hydrogen-bond donors (Lipinski definition) is 0. The van der Waals surface area contributed by atoms with Gasteiger partial charge in [0.1, 0.15) is 0 Å². The fourth-order valence-corrected chi connectivity index (χ4v) is 3.88. The molecule has 0 N–H and O–H groups in total. The monoisotopic (exact) mass is 391 g/mol. The number of benzene rings is 3. The van der Waals surface area contributed by atoms with E-state index in [1.54, 1.807) is 0 Å². The average molecular weight is 392 g/mol. The minimum absolute atomic E-state index is 0.688. The minimum atomic E-state index is 0.688. The number of hydrogen-bond acceptors (Lipinski definition) is 1. The first-order chi connectivity index (χ1) is 12.9. The zero-order valence-electron chi connectivity index (χ0n) is 15.5. The normalized spacial score (nSPS) is 11.1. The topological polar surface area (TPSA) is 12.9 Å². The molecule has 1 heterocycles. The highest BCUT2D eigenvalue weighted by Crippen LogP contribution is 2.37. The lowest BCUT2D eigenvalue weighted by Gasteiger charge is -2.14. The fourth-order valence-electron chi connectivity index (χ4n) is 3.47. The van der Waals surface area contributed by atoms with Crippen molar-refractivity contribution in [1.82, 2.24) is 4.98 Å². The van der Waals surface area contributed by atoms with Crippen molar-refractivity contribution in [2.24, 2.45) is 0 Å². The quantitative estimate of drug-likeness (QED) is 0.339. The third kappa shape index (κ3) is 3.34. The second-order valence-corrected chi connectivity index (χ2v) is 7.79. The molecule has 0 atom stereocenters. The molecule has 3 aromatic carbocycles. The van der Waals surface area contributed by atoms with Crippen molar-refractivity contribution in [3.05, 3.63) is 87.4 Å². The Bertz CT molecular complexity index is 1180. The number of nitrogens with zero attached hydrogens (tertiary/aromatic N) is 1. The number of halogens is 2. The molecule has 0 aliphatic carbocycles. The summed E-state index contributed by atoms with van der Waals surface area (Å²) in [6, 6.07) is 20.2. The molecule has 0 spiro atoms. The lowest BCUT2D eigenvalue weighted by Crippen LogP contribution is -1.94. The first-order valence-corrected chi connectivity index (χ1v) is 9.63. The molecule has 0 unspecified atom stereocenters. The van der Waals surface area contributed by atoms with Gasteiger partial charge >= 0.3 is 0 Å². The molecular formula is C24H19Cl2N. The molecule has 0 bridgehead atoms. The van der Waals surface area contributed by atoms with Crippen LogP contribution in [0.1, 0.15) is 16.7 Å². The van der Waals surface area contributed by atoms with Crippen LogP contribution in [0.3, 0.4) is 0 Å². The molecule has 1 nitrogen and oxygen atoms in total. The molecule has 3 heteroatoms. The van der Waals surface area contributed by atoms with Gasteiger partial charge in [-0.05, 0) is 79.4 Å². The van der Waals surface area contributed by atoms with Crippen molar-refractivity contribution >= 4 is 34.1 Å². The Morgan fingerprint density at radius 3 is 2.19 bits per heavy atom. The second kappa shape index (κ2) is 6.99. The van der Waals surface area contributed by atoms with Gasteiger partial charge in [0.15, 0.2) is 0 Å². The van der Waals surface area contributed by atoms with Crippen LogP contribution in [-0.4, -0.2) is 4.98 Å². The van der Waals surface area contributed by atoms with Gasteiger partial charge < -0.3 is 0 Å². The second-order valence-electron chi connectivity index (χ2n) is 6.95. The zero-order valence-corrected chi connectivity index (χ0v) is 17.0. The number of fused-ring (bicyclic) bond motifs is 1. The molecule has 4 rings (SSSR count). The Hall–Kier alpha value is -2.35. The smallest absolute Gasteiger partial charge is 0.0718 e. The molecule has 0 aliphatic heterocycles. The van der Waals surface area contributed by atoms with Gasteiger partial charge in [-0.1, -0.05) is 47.5 Å². The largest absolute Gasteiger partial charge is 0.248 e. The van der Waals surface area contributed by atoms with Crippen LogP contribution in [-0.2, 0) is 0 Å². The molecule has 27 heavy (non-hydrogen) atoms. The van der Waals surface area contributed by atoms with Crippen LogP contribution in [0, 0.1) is 20.8 Å². The van der Waals surface area contributed by atoms with E-state index < -0.39 is 0 Å². The average Bonchev–Trinajstić information content (AvgIpc) is 2.64. The van der Waals surface area contributed by atoms with Crippen LogP contribution in [0.2, 0.25) is 10.0 Å². The van der Waals surface area contributed by atoms with E-state index in [1.165, 1.54) is 16.7 Å². The molecule has 0 radical (unpaired) electrons. The summed E-state index contributed by atoms with van der Waals surface area (Å²) < 4.78 is 0. The molecule has 4 aromatic rings. The number of rotatable bonds is 2. The first-order valence-electron chi connectivity index (χ1n) is 8.87. The van der Waals surface area contributed by atoms with Gasteiger partial charge in [0, 0.05) is 26.6 Å². The van der Waals surface area contributed by atoms with E-state index in [0.717, 1.165) is 33.3 Å². The van der Waals surface area contributed by atoms with Gasteiger partial charge in [-0.2, -0.15) is 0 Å². The number of aryl methyl sites for hydroxylation is 3. The summed E-state index contributed by atoms with van der Waals surface area (Å²) >= 11 is 12.8. The van der Waals surface area contributed by atoms with Crippen LogP contribution in [0.5, 0.6) is 0 Å². The zero-order chi connectivity index (χ0) is 19.1. The SMILES string of the molecule is Cc1cc(C)c(-c2cc(-c3ccccc3Cl)c3cc(Cl)ccc3n2)cc1C. The summed E-state index contributed by atoms with van der Waals surface area (Å²) in [4.78, 5) is 4.93. The predicted octanol–water partition coefficient (Wildman–Crippen LogP) is 7.80. The van der Waals surface area contributed by atoms with E-state index in [2.05, 4.69) is 39.0 Å². The van der Waals surface area contributed by atoms with E-state index in [0.29, 0.717) is 10.0 Å². The third-order valence-corrected chi connectivity index (χ3v) is 5.62. The van der Waals surface area contributed by atoms with Crippen LogP contribution >= 0.6 is 23.2 Å². The summed E-state index contributed by atoms with van der Waals surface area (Å²) in [6.45, 7) is 6.40. The maximum atomic E-state index is 6.52. The molecule has 1 aromatic heterocycles. The molecule has 0 aliphatic rings. The van der Waals surface area contributed by atoms with Crippen molar-refractivity contribution in [2.75, 3.05) is 0 Å². The lowest BCUT2D eigenvalue weighted by molar-refractivity contribution is 1.28. The van der Waals surface area contributed by atoms with E-state index >= 15 is 0 Å². The van der Waals surface area contributed by atoms with Crippen molar-refractivity contribution in [1.29, 1.82) is 0 Å². The molecule has 134 valence electrons. The van der Waals surface area contributed by atoms with Crippen LogP contribution in [0.15, 0.2) is 60.7 Å². The van der Waals surface area contributed by atoms with Gasteiger partial charge in [-0.25, -0.2) is 4.98 Å². The van der Waals surface area contributed by atoms with Gasteiger partial charge in [-0.15, -0.1) is 0 Å². The number of aromatic nitrogens is 1. The summed E-state index contributed by atoms with van der Waals surface area (Å²) in [5.41, 5.74) is 8.78.